The van der Waals surface area contributed by atoms with Crippen LogP contribution >= 0.6 is 0 Å². The first-order valence-corrected chi connectivity index (χ1v) is 9.07. The number of nitro benzene ring substituents is 1. The van der Waals surface area contributed by atoms with Crippen LogP contribution < -0.4 is 4.90 Å². The topological polar surface area (TPSA) is 68.1 Å². The summed E-state index contributed by atoms with van der Waals surface area (Å²) in [5.74, 6) is 0. The second-order valence-electron chi connectivity index (χ2n) is 6.78. The largest absolute Gasteiger partial charge is 0.369 e. The van der Waals surface area contributed by atoms with Gasteiger partial charge in [-0.1, -0.05) is 0 Å². The maximum Gasteiger partial charge on any atom is 0.269 e. The molecule has 0 amide bonds. The third-order valence-electron chi connectivity index (χ3n) is 4.93. The van der Waals surface area contributed by atoms with Crippen molar-refractivity contribution in [2.24, 2.45) is 0 Å². The quantitative estimate of drug-likeness (QED) is 0.580. The zero-order valence-corrected chi connectivity index (χ0v) is 14.9. The van der Waals surface area contributed by atoms with E-state index in [0.717, 1.165) is 63.3 Å². The van der Waals surface area contributed by atoms with Gasteiger partial charge in [-0.25, -0.2) is 0 Å². The highest BCUT2D eigenvalue weighted by atomic mass is 16.7. The maximum absolute atomic E-state index is 11.1. The summed E-state index contributed by atoms with van der Waals surface area (Å²) in [6.45, 7) is 5.16. The summed E-state index contributed by atoms with van der Waals surface area (Å²) < 4.78 is 11.4. The molecule has 1 aromatic carbocycles. The minimum atomic E-state index is -0.331. The second-order valence-corrected chi connectivity index (χ2v) is 6.78. The molecule has 0 bridgehead atoms. The Bertz CT molecular complexity index is 582. The third-order valence-corrected chi connectivity index (χ3v) is 4.93. The third kappa shape index (κ3) is 4.90. The van der Waals surface area contributed by atoms with Crippen LogP contribution in [0.1, 0.15) is 24.8 Å². The molecule has 2 saturated heterocycles. The molecule has 7 nitrogen and oxygen atoms in total. The molecular weight excluding hydrogens is 322 g/mol. The summed E-state index contributed by atoms with van der Waals surface area (Å²) in [4.78, 5) is 15.4. The molecule has 0 N–H and O–H groups in total. The Labute approximate surface area is 148 Å². The number of nitro groups is 1. The lowest BCUT2D eigenvalue weighted by molar-refractivity contribution is -0.384. The van der Waals surface area contributed by atoms with Crippen LogP contribution in [0.25, 0.3) is 0 Å². The maximum atomic E-state index is 11.1. The van der Waals surface area contributed by atoms with Gasteiger partial charge in [0.2, 0.25) is 0 Å². The first-order valence-electron chi connectivity index (χ1n) is 9.07. The Balaban J connectivity index is 1.67. The van der Waals surface area contributed by atoms with Crippen LogP contribution in [0.4, 0.5) is 11.4 Å². The number of ether oxygens (including phenoxy) is 2. The second kappa shape index (κ2) is 8.60. The highest BCUT2D eigenvalue weighted by Gasteiger charge is 2.20. The van der Waals surface area contributed by atoms with Crippen molar-refractivity contribution in [3.8, 4) is 0 Å². The van der Waals surface area contributed by atoms with Crippen molar-refractivity contribution in [1.82, 2.24) is 4.90 Å². The molecule has 7 heteroatoms. The Morgan fingerprint density at radius 1 is 1.28 bits per heavy atom. The molecule has 2 fully saturated rings. The first kappa shape index (κ1) is 18.1. The standard InChI is InChI=1S/C18H27N3O4/c1-19-8-10-20(11-9-19)17-6-5-16(21(22)23)14-15(17)7-13-25-18-4-2-3-12-24-18/h5-6,14,18H,2-4,7-13H2,1H3. The van der Waals surface area contributed by atoms with Crippen LogP contribution in [-0.2, 0) is 15.9 Å². The summed E-state index contributed by atoms with van der Waals surface area (Å²) in [6.07, 6.45) is 3.69. The molecule has 3 rings (SSSR count). The predicted molar refractivity (Wildman–Crippen MR) is 96.1 cm³/mol. The Hall–Kier alpha value is -1.70. The number of hydrogen-bond acceptors (Lipinski definition) is 6. The number of likely N-dealkylation sites (N-methyl/N-ethyl adjacent to an activating group) is 1. The average Bonchev–Trinajstić information content (AvgIpc) is 2.63. The molecule has 0 aromatic heterocycles. The molecule has 1 atom stereocenters. The van der Waals surface area contributed by atoms with Crippen molar-refractivity contribution in [3.63, 3.8) is 0 Å². The van der Waals surface area contributed by atoms with Gasteiger partial charge in [-0.15, -0.1) is 0 Å². The Kier molecular flexibility index (Phi) is 6.23. The van der Waals surface area contributed by atoms with Gasteiger partial charge in [0.15, 0.2) is 6.29 Å². The van der Waals surface area contributed by atoms with Crippen molar-refractivity contribution < 1.29 is 14.4 Å². The number of non-ortho nitro benzene ring substituents is 1. The van der Waals surface area contributed by atoms with E-state index in [0.29, 0.717) is 13.0 Å². The zero-order chi connectivity index (χ0) is 17.6. The summed E-state index contributed by atoms with van der Waals surface area (Å²) in [7, 11) is 2.12. The molecule has 1 unspecified atom stereocenters. The molecule has 2 aliphatic heterocycles. The van der Waals surface area contributed by atoms with Gasteiger partial charge in [-0.3, -0.25) is 10.1 Å². The van der Waals surface area contributed by atoms with E-state index in [1.165, 1.54) is 0 Å². The van der Waals surface area contributed by atoms with Crippen LogP contribution in [0.15, 0.2) is 18.2 Å². The summed E-state index contributed by atoms with van der Waals surface area (Å²) in [5, 5.41) is 11.1. The van der Waals surface area contributed by atoms with Crippen LogP contribution in [-0.4, -0.2) is 62.6 Å². The predicted octanol–water partition coefficient (Wildman–Crippen LogP) is 2.43. The molecule has 0 radical (unpaired) electrons. The van der Waals surface area contributed by atoms with Crippen LogP contribution in [0.5, 0.6) is 0 Å². The van der Waals surface area contributed by atoms with Gasteiger partial charge in [-0.2, -0.15) is 0 Å². The smallest absolute Gasteiger partial charge is 0.269 e. The van der Waals surface area contributed by atoms with Crippen molar-refractivity contribution in [3.05, 3.63) is 33.9 Å². The number of piperazine rings is 1. The summed E-state index contributed by atoms with van der Waals surface area (Å²) in [5.41, 5.74) is 2.21. The normalized spacial score (nSPS) is 22.1. The van der Waals surface area contributed by atoms with Gasteiger partial charge in [-0.05, 0) is 44.4 Å². The average molecular weight is 349 g/mol. The van der Waals surface area contributed by atoms with E-state index in [9.17, 15) is 10.1 Å². The van der Waals surface area contributed by atoms with Crippen molar-refractivity contribution in [1.29, 1.82) is 0 Å². The fourth-order valence-corrected chi connectivity index (χ4v) is 3.38. The van der Waals surface area contributed by atoms with E-state index >= 15 is 0 Å². The van der Waals surface area contributed by atoms with E-state index in [4.69, 9.17) is 9.47 Å². The monoisotopic (exact) mass is 349 g/mol. The van der Waals surface area contributed by atoms with Crippen LogP contribution in [0, 0.1) is 10.1 Å². The number of hydrogen-bond donors (Lipinski definition) is 0. The van der Waals surface area contributed by atoms with Gasteiger partial charge in [0, 0.05) is 50.6 Å². The Morgan fingerprint density at radius 2 is 2.08 bits per heavy atom. The van der Waals surface area contributed by atoms with Crippen molar-refractivity contribution in [2.45, 2.75) is 32.0 Å². The molecule has 25 heavy (non-hydrogen) atoms. The SMILES string of the molecule is CN1CCN(c2ccc([N+](=O)[O-])cc2CCOC2CCCCO2)CC1. The molecular formula is C18H27N3O4. The van der Waals surface area contributed by atoms with Crippen molar-refractivity contribution >= 4 is 11.4 Å². The zero-order valence-electron chi connectivity index (χ0n) is 14.9. The lowest BCUT2D eigenvalue weighted by atomic mass is 10.1. The van der Waals surface area contributed by atoms with Gasteiger partial charge in [0.1, 0.15) is 0 Å². The molecule has 138 valence electrons. The first-order chi connectivity index (χ1) is 12.1. The molecule has 2 aliphatic rings. The number of anilines is 1. The molecule has 0 aliphatic carbocycles. The number of nitrogens with zero attached hydrogens (tertiary/aromatic N) is 3. The van der Waals surface area contributed by atoms with Gasteiger partial charge < -0.3 is 19.3 Å². The van der Waals surface area contributed by atoms with Crippen LogP contribution in [0.2, 0.25) is 0 Å². The fourth-order valence-electron chi connectivity index (χ4n) is 3.38. The van der Waals surface area contributed by atoms with Gasteiger partial charge in [0.25, 0.3) is 5.69 Å². The summed E-state index contributed by atoms with van der Waals surface area (Å²) >= 11 is 0. The van der Waals surface area contributed by atoms with Crippen molar-refractivity contribution in [2.75, 3.05) is 51.3 Å². The van der Waals surface area contributed by atoms with E-state index in [1.54, 1.807) is 12.1 Å². The van der Waals surface area contributed by atoms with E-state index in [1.807, 2.05) is 6.07 Å². The van der Waals surface area contributed by atoms with Gasteiger partial charge in [0.05, 0.1) is 11.5 Å². The highest BCUT2D eigenvalue weighted by molar-refractivity contribution is 5.58. The van der Waals surface area contributed by atoms with E-state index in [2.05, 4.69) is 16.8 Å². The highest BCUT2D eigenvalue weighted by Crippen LogP contribution is 2.27. The molecule has 0 spiro atoms. The fraction of sp³-hybridized carbons (Fsp3) is 0.667. The van der Waals surface area contributed by atoms with E-state index < -0.39 is 0 Å². The molecule has 0 saturated carbocycles. The Morgan fingerprint density at radius 3 is 2.76 bits per heavy atom. The minimum absolute atomic E-state index is 0.125. The van der Waals surface area contributed by atoms with Gasteiger partial charge >= 0.3 is 0 Å². The lowest BCUT2D eigenvalue weighted by Gasteiger charge is -2.35. The molecule has 1 aromatic rings. The summed E-state index contributed by atoms with van der Waals surface area (Å²) in [6, 6.07) is 5.18. The van der Waals surface area contributed by atoms with Crippen LogP contribution in [0.3, 0.4) is 0 Å². The number of benzene rings is 1. The molecule has 2 heterocycles. The van der Waals surface area contributed by atoms with E-state index in [-0.39, 0.29) is 16.9 Å². The number of rotatable bonds is 6. The minimum Gasteiger partial charge on any atom is -0.369 e. The lowest BCUT2D eigenvalue weighted by Crippen LogP contribution is -2.44.